The number of para-hydroxylation sites is 1. The molecule has 0 saturated heterocycles. The molecule has 0 aliphatic heterocycles. The Labute approximate surface area is 87.9 Å². The second-order valence-electron chi connectivity index (χ2n) is 3.20. The number of methoxy groups -OCH3 is 1. The van der Waals surface area contributed by atoms with Crippen LogP contribution in [0.25, 0.3) is 0 Å². The highest BCUT2D eigenvalue weighted by Crippen LogP contribution is 2.29. The molecule has 0 fully saturated rings. The molecule has 0 amide bonds. The molecular weight excluding hydrogens is 192 g/mol. The Kier molecular flexibility index (Phi) is 2.74. The normalized spacial score (nSPS) is 12.4. The van der Waals surface area contributed by atoms with Gasteiger partial charge in [-0.2, -0.15) is 0 Å². The van der Waals surface area contributed by atoms with Gasteiger partial charge in [0.05, 0.1) is 19.6 Å². The van der Waals surface area contributed by atoms with E-state index in [0.717, 1.165) is 11.1 Å². The van der Waals surface area contributed by atoms with Crippen molar-refractivity contribution in [1.29, 1.82) is 0 Å². The third kappa shape index (κ3) is 1.87. The van der Waals surface area contributed by atoms with Crippen molar-refractivity contribution in [3.63, 3.8) is 0 Å². The quantitative estimate of drug-likeness (QED) is 0.834. The predicted octanol–water partition coefficient (Wildman–Crippen LogP) is 2.37. The summed E-state index contributed by atoms with van der Waals surface area (Å²) >= 11 is 0. The lowest BCUT2D eigenvalue weighted by Crippen LogP contribution is -2.00. The molecule has 15 heavy (non-hydrogen) atoms. The summed E-state index contributed by atoms with van der Waals surface area (Å²) in [5.41, 5.74) is 1.46. The van der Waals surface area contributed by atoms with Gasteiger partial charge in [0.25, 0.3) is 0 Å². The summed E-state index contributed by atoms with van der Waals surface area (Å²) in [5.74, 6) is 0.672. The minimum atomic E-state index is -0.708. The number of aliphatic hydroxyl groups excluding tert-OH is 1. The Bertz CT molecular complexity index is 420. The van der Waals surface area contributed by atoms with E-state index in [0.29, 0.717) is 5.75 Å². The fraction of sp³-hybridized carbons (Fsp3) is 0.167. The lowest BCUT2D eigenvalue weighted by atomic mass is 10.0. The van der Waals surface area contributed by atoms with Gasteiger partial charge < -0.3 is 14.3 Å². The SMILES string of the molecule is COc1ccccc1C(O)c1ccoc1. The van der Waals surface area contributed by atoms with Gasteiger partial charge in [-0.15, -0.1) is 0 Å². The van der Waals surface area contributed by atoms with E-state index in [9.17, 15) is 5.11 Å². The minimum absolute atomic E-state index is 0.672. The van der Waals surface area contributed by atoms with E-state index in [1.165, 1.54) is 12.5 Å². The Morgan fingerprint density at radius 3 is 2.73 bits per heavy atom. The maximum atomic E-state index is 10.1. The molecule has 3 heteroatoms. The van der Waals surface area contributed by atoms with Crippen molar-refractivity contribution in [3.8, 4) is 5.75 Å². The summed E-state index contributed by atoms with van der Waals surface area (Å²) in [7, 11) is 1.58. The number of furan rings is 1. The molecule has 1 N–H and O–H groups in total. The molecule has 1 aromatic carbocycles. The van der Waals surface area contributed by atoms with Gasteiger partial charge in [0.1, 0.15) is 11.9 Å². The van der Waals surface area contributed by atoms with Crippen molar-refractivity contribution >= 4 is 0 Å². The van der Waals surface area contributed by atoms with Crippen molar-refractivity contribution in [3.05, 3.63) is 54.0 Å². The Morgan fingerprint density at radius 2 is 2.07 bits per heavy atom. The maximum Gasteiger partial charge on any atom is 0.125 e. The highest BCUT2D eigenvalue weighted by molar-refractivity contribution is 5.39. The van der Waals surface area contributed by atoms with Crippen LogP contribution in [-0.4, -0.2) is 12.2 Å². The number of hydrogen-bond donors (Lipinski definition) is 1. The largest absolute Gasteiger partial charge is 0.496 e. The molecule has 1 unspecified atom stereocenters. The van der Waals surface area contributed by atoms with E-state index in [2.05, 4.69) is 0 Å². The summed E-state index contributed by atoms with van der Waals surface area (Å²) in [5, 5.41) is 10.1. The van der Waals surface area contributed by atoms with Gasteiger partial charge >= 0.3 is 0 Å². The first-order chi connectivity index (χ1) is 7.33. The van der Waals surface area contributed by atoms with Crippen LogP contribution in [0.2, 0.25) is 0 Å². The van der Waals surface area contributed by atoms with Crippen molar-refractivity contribution in [1.82, 2.24) is 0 Å². The van der Waals surface area contributed by atoms with Crippen molar-refractivity contribution < 1.29 is 14.3 Å². The Morgan fingerprint density at radius 1 is 1.27 bits per heavy atom. The van der Waals surface area contributed by atoms with Crippen LogP contribution in [0.5, 0.6) is 5.75 Å². The van der Waals surface area contributed by atoms with Crippen molar-refractivity contribution in [2.24, 2.45) is 0 Å². The van der Waals surface area contributed by atoms with Gasteiger partial charge in [0, 0.05) is 11.1 Å². The van der Waals surface area contributed by atoms with Gasteiger partial charge in [0.15, 0.2) is 0 Å². The molecule has 0 aliphatic carbocycles. The Hall–Kier alpha value is -1.74. The van der Waals surface area contributed by atoms with Crippen molar-refractivity contribution in [2.45, 2.75) is 6.10 Å². The van der Waals surface area contributed by atoms with Crippen LogP contribution in [-0.2, 0) is 0 Å². The molecule has 0 saturated carbocycles. The number of hydrogen-bond acceptors (Lipinski definition) is 3. The summed E-state index contributed by atoms with van der Waals surface area (Å²) < 4.78 is 10.1. The van der Waals surface area contributed by atoms with Crippen LogP contribution in [0.15, 0.2) is 47.3 Å². The van der Waals surface area contributed by atoms with Gasteiger partial charge in [-0.05, 0) is 12.1 Å². The summed E-state index contributed by atoms with van der Waals surface area (Å²) in [6.45, 7) is 0. The van der Waals surface area contributed by atoms with E-state index in [1.54, 1.807) is 13.2 Å². The van der Waals surface area contributed by atoms with Gasteiger partial charge in [-0.25, -0.2) is 0 Å². The van der Waals surface area contributed by atoms with E-state index in [1.807, 2.05) is 24.3 Å². The molecule has 1 atom stereocenters. The minimum Gasteiger partial charge on any atom is -0.496 e. The lowest BCUT2D eigenvalue weighted by molar-refractivity contribution is 0.213. The smallest absolute Gasteiger partial charge is 0.125 e. The standard InChI is InChI=1S/C12H12O3/c1-14-11-5-3-2-4-10(11)12(13)9-6-7-15-8-9/h2-8,12-13H,1H3. The van der Waals surface area contributed by atoms with E-state index < -0.39 is 6.10 Å². The lowest BCUT2D eigenvalue weighted by Gasteiger charge is -2.12. The second-order valence-corrected chi connectivity index (χ2v) is 3.20. The molecule has 0 radical (unpaired) electrons. The monoisotopic (exact) mass is 204 g/mol. The first kappa shape index (κ1) is 9.80. The number of benzene rings is 1. The Balaban J connectivity index is 2.37. The third-order valence-corrected chi connectivity index (χ3v) is 2.29. The fourth-order valence-corrected chi connectivity index (χ4v) is 1.50. The molecule has 0 spiro atoms. The third-order valence-electron chi connectivity index (χ3n) is 2.29. The van der Waals surface area contributed by atoms with Gasteiger partial charge in [0.2, 0.25) is 0 Å². The molecule has 78 valence electrons. The summed E-state index contributed by atoms with van der Waals surface area (Å²) in [6, 6.07) is 9.11. The van der Waals surface area contributed by atoms with Crippen LogP contribution < -0.4 is 4.74 Å². The summed E-state index contributed by atoms with van der Waals surface area (Å²) in [6.07, 6.45) is 2.35. The zero-order valence-electron chi connectivity index (χ0n) is 8.38. The van der Waals surface area contributed by atoms with E-state index >= 15 is 0 Å². The molecule has 2 rings (SSSR count). The zero-order chi connectivity index (χ0) is 10.7. The zero-order valence-corrected chi connectivity index (χ0v) is 8.38. The first-order valence-corrected chi connectivity index (χ1v) is 4.66. The second kappa shape index (κ2) is 4.19. The first-order valence-electron chi connectivity index (χ1n) is 4.66. The maximum absolute atomic E-state index is 10.1. The molecule has 1 aromatic heterocycles. The average molecular weight is 204 g/mol. The molecule has 0 bridgehead atoms. The molecule has 1 heterocycles. The highest BCUT2D eigenvalue weighted by Gasteiger charge is 2.15. The van der Waals surface area contributed by atoms with Gasteiger partial charge in [-0.3, -0.25) is 0 Å². The van der Waals surface area contributed by atoms with E-state index in [4.69, 9.17) is 9.15 Å². The summed E-state index contributed by atoms with van der Waals surface area (Å²) in [4.78, 5) is 0. The topological polar surface area (TPSA) is 42.6 Å². The van der Waals surface area contributed by atoms with Gasteiger partial charge in [-0.1, -0.05) is 18.2 Å². The van der Waals surface area contributed by atoms with Crippen LogP contribution >= 0.6 is 0 Å². The highest BCUT2D eigenvalue weighted by atomic mass is 16.5. The predicted molar refractivity (Wildman–Crippen MR) is 55.8 cm³/mol. The van der Waals surface area contributed by atoms with Crippen LogP contribution in [0, 0.1) is 0 Å². The average Bonchev–Trinajstić information content (AvgIpc) is 2.81. The molecule has 3 nitrogen and oxygen atoms in total. The van der Waals surface area contributed by atoms with Crippen LogP contribution in [0.4, 0.5) is 0 Å². The number of aliphatic hydroxyl groups is 1. The number of rotatable bonds is 3. The van der Waals surface area contributed by atoms with Crippen molar-refractivity contribution in [2.75, 3.05) is 7.11 Å². The van der Waals surface area contributed by atoms with Crippen LogP contribution in [0.3, 0.4) is 0 Å². The number of ether oxygens (including phenoxy) is 1. The van der Waals surface area contributed by atoms with Crippen LogP contribution in [0.1, 0.15) is 17.2 Å². The molecule has 0 aliphatic rings. The molecule has 2 aromatic rings. The molecular formula is C12H12O3. The fourth-order valence-electron chi connectivity index (χ4n) is 1.50. The van der Waals surface area contributed by atoms with E-state index in [-0.39, 0.29) is 0 Å².